The third-order valence-corrected chi connectivity index (χ3v) is 6.53. The summed E-state index contributed by atoms with van der Waals surface area (Å²) in [5.74, 6) is -1.31. The fourth-order valence-corrected chi connectivity index (χ4v) is 4.99. The topological polar surface area (TPSA) is 66.8 Å². The Labute approximate surface area is 209 Å². The van der Waals surface area contributed by atoms with Crippen molar-refractivity contribution in [3.63, 3.8) is 0 Å². The maximum Gasteiger partial charge on any atom is 0.300 e. The highest BCUT2D eigenvalue weighted by Gasteiger charge is 2.47. The Balaban J connectivity index is 1.98. The molecule has 0 spiro atoms. The van der Waals surface area contributed by atoms with Crippen LogP contribution in [0.1, 0.15) is 22.7 Å². The minimum absolute atomic E-state index is 0.0255. The number of halogens is 3. The Hall–Kier alpha value is -2.80. The molecule has 4 rings (SSSR count). The number of carbonyl (C=O) groups is 2. The van der Waals surface area contributed by atoms with Crippen molar-refractivity contribution in [2.75, 3.05) is 12.0 Å². The first kappa shape index (κ1) is 23.4. The fourth-order valence-electron chi connectivity index (χ4n) is 3.93. The fraction of sp³-hybridized carbons (Fsp3) is 0.120. The van der Waals surface area contributed by atoms with Gasteiger partial charge in [-0.15, -0.1) is 0 Å². The van der Waals surface area contributed by atoms with Gasteiger partial charge in [0.25, 0.3) is 11.7 Å². The van der Waals surface area contributed by atoms with E-state index < -0.39 is 17.7 Å². The molecule has 3 aromatic rings. The number of aliphatic hydroxyl groups excluding tert-OH is 1. The molecular formula is C25H18BrCl2NO4. The summed E-state index contributed by atoms with van der Waals surface area (Å²) >= 11 is 15.8. The van der Waals surface area contributed by atoms with Gasteiger partial charge in [-0.05, 0) is 70.4 Å². The highest BCUT2D eigenvalue weighted by Crippen LogP contribution is 2.44. The van der Waals surface area contributed by atoms with E-state index in [1.54, 1.807) is 36.4 Å². The third kappa shape index (κ3) is 4.26. The zero-order valence-electron chi connectivity index (χ0n) is 17.6. The second-order valence-electron chi connectivity index (χ2n) is 7.50. The van der Waals surface area contributed by atoms with E-state index in [-0.39, 0.29) is 11.3 Å². The summed E-state index contributed by atoms with van der Waals surface area (Å²) in [5.41, 5.74) is 2.25. The molecule has 0 aliphatic carbocycles. The number of benzene rings is 3. The summed E-state index contributed by atoms with van der Waals surface area (Å²) < 4.78 is 5.84. The van der Waals surface area contributed by atoms with Gasteiger partial charge in [-0.1, -0.05) is 47.5 Å². The van der Waals surface area contributed by atoms with E-state index in [2.05, 4.69) is 15.9 Å². The molecule has 3 aromatic carbocycles. The number of hydrogen-bond donors (Lipinski definition) is 1. The van der Waals surface area contributed by atoms with E-state index in [9.17, 15) is 14.7 Å². The number of aliphatic hydroxyl groups is 1. The minimum Gasteiger partial charge on any atom is -0.507 e. The van der Waals surface area contributed by atoms with Crippen LogP contribution in [0.4, 0.5) is 5.69 Å². The Bertz CT molecular complexity index is 1300. The minimum atomic E-state index is -0.874. The molecule has 0 aromatic heterocycles. The normalized spacial score (nSPS) is 17.5. The summed E-state index contributed by atoms with van der Waals surface area (Å²) in [4.78, 5) is 27.8. The van der Waals surface area contributed by atoms with E-state index in [0.29, 0.717) is 37.1 Å². The molecular weight excluding hydrogens is 529 g/mol. The number of methoxy groups -OCH3 is 1. The highest BCUT2D eigenvalue weighted by molar-refractivity contribution is 9.10. The van der Waals surface area contributed by atoms with Crippen molar-refractivity contribution in [1.29, 1.82) is 0 Å². The van der Waals surface area contributed by atoms with Gasteiger partial charge >= 0.3 is 0 Å². The second kappa shape index (κ2) is 9.21. The number of anilines is 1. The summed E-state index contributed by atoms with van der Waals surface area (Å²) in [6.07, 6.45) is 0. The molecule has 8 heteroatoms. The van der Waals surface area contributed by atoms with Crippen LogP contribution >= 0.6 is 39.1 Å². The van der Waals surface area contributed by atoms with Gasteiger partial charge in [-0.3, -0.25) is 14.5 Å². The summed E-state index contributed by atoms with van der Waals surface area (Å²) in [7, 11) is 1.53. The maximum absolute atomic E-state index is 13.3. The lowest BCUT2D eigenvalue weighted by Crippen LogP contribution is -2.29. The molecule has 5 nitrogen and oxygen atoms in total. The number of carbonyl (C=O) groups excluding carboxylic acids is 2. The van der Waals surface area contributed by atoms with E-state index in [4.69, 9.17) is 27.9 Å². The van der Waals surface area contributed by atoms with Crippen LogP contribution in [-0.4, -0.2) is 23.9 Å². The van der Waals surface area contributed by atoms with Crippen LogP contribution in [0, 0.1) is 6.92 Å². The van der Waals surface area contributed by atoms with E-state index >= 15 is 0 Å². The summed E-state index contributed by atoms with van der Waals surface area (Å²) in [6.45, 7) is 1.88. The number of aryl methyl sites for hydroxylation is 1. The van der Waals surface area contributed by atoms with Crippen LogP contribution in [0.5, 0.6) is 5.75 Å². The van der Waals surface area contributed by atoms with Crippen molar-refractivity contribution in [1.82, 2.24) is 0 Å². The van der Waals surface area contributed by atoms with Crippen molar-refractivity contribution < 1.29 is 19.4 Å². The molecule has 1 N–H and O–H groups in total. The van der Waals surface area contributed by atoms with Gasteiger partial charge in [0, 0.05) is 21.3 Å². The van der Waals surface area contributed by atoms with E-state index in [0.717, 1.165) is 5.56 Å². The molecule has 0 saturated carbocycles. The van der Waals surface area contributed by atoms with Crippen LogP contribution in [0.25, 0.3) is 5.76 Å². The summed E-state index contributed by atoms with van der Waals surface area (Å²) in [5, 5.41) is 11.9. The first-order valence-electron chi connectivity index (χ1n) is 9.89. The van der Waals surface area contributed by atoms with Crippen LogP contribution in [0.2, 0.25) is 10.0 Å². The van der Waals surface area contributed by atoms with Gasteiger partial charge in [-0.2, -0.15) is 0 Å². The zero-order chi connectivity index (χ0) is 23.9. The van der Waals surface area contributed by atoms with Crippen molar-refractivity contribution in [3.05, 3.63) is 97.4 Å². The van der Waals surface area contributed by atoms with Crippen molar-refractivity contribution >= 4 is 62.3 Å². The molecule has 1 unspecified atom stereocenters. The molecule has 0 radical (unpaired) electrons. The van der Waals surface area contributed by atoms with Gasteiger partial charge in [0.05, 0.1) is 23.2 Å². The van der Waals surface area contributed by atoms with Gasteiger partial charge in [0.2, 0.25) is 0 Å². The van der Waals surface area contributed by atoms with E-state index in [1.807, 2.05) is 31.2 Å². The molecule has 1 aliphatic heterocycles. The number of rotatable bonds is 4. The highest BCUT2D eigenvalue weighted by atomic mass is 79.9. The van der Waals surface area contributed by atoms with Crippen LogP contribution in [0.15, 0.2) is 70.7 Å². The molecule has 33 heavy (non-hydrogen) atoms. The Morgan fingerprint density at radius 3 is 2.30 bits per heavy atom. The van der Waals surface area contributed by atoms with E-state index in [1.165, 1.54) is 12.0 Å². The third-order valence-electron chi connectivity index (χ3n) is 5.48. The number of hydrogen-bond acceptors (Lipinski definition) is 4. The lowest BCUT2D eigenvalue weighted by Gasteiger charge is -2.27. The monoisotopic (exact) mass is 545 g/mol. The van der Waals surface area contributed by atoms with Gasteiger partial charge < -0.3 is 9.84 Å². The molecule has 1 heterocycles. The maximum atomic E-state index is 13.3. The molecule has 1 amide bonds. The predicted octanol–water partition coefficient (Wildman–Crippen LogP) is 6.70. The average molecular weight is 547 g/mol. The van der Waals surface area contributed by atoms with Crippen LogP contribution < -0.4 is 9.64 Å². The largest absolute Gasteiger partial charge is 0.507 e. The average Bonchev–Trinajstić information content (AvgIpc) is 3.03. The lowest BCUT2D eigenvalue weighted by molar-refractivity contribution is -0.132. The van der Waals surface area contributed by atoms with Gasteiger partial charge in [0.1, 0.15) is 11.5 Å². The predicted molar refractivity (Wildman–Crippen MR) is 133 cm³/mol. The number of Topliss-reactive ketones (excluding diaryl/α,β-unsaturated/α-hetero) is 1. The smallest absolute Gasteiger partial charge is 0.300 e. The molecule has 1 atom stereocenters. The molecule has 1 saturated heterocycles. The number of ketones is 1. The Kier molecular flexibility index (Phi) is 6.52. The van der Waals surface area contributed by atoms with Gasteiger partial charge in [-0.25, -0.2) is 0 Å². The van der Waals surface area contributed by atoms with Gasteiger partial charge in [0.15, 0.2) is 0 Å². The molecule has 1 aliphatic rings. The first-order valence-corrected chi connectivity index (χ1v) is 11.4. The summed E-state index contributed by atoms with van der Waals surface area (Å²) in [6, 6.07) is 16.1. The Morgan fingerprint density at radius 2 is 1.70 bits per heavy atom. The van der Waals surface area contributed by atoms with Crippen molar-refractivity contribution in [2.24, 2.45) is 0 Å². The first-order chi connectivity index (χ1) is 15.7. The SMILES string of the molecule is COc1ccc(/C(O)=C2\C(=O)C(=O)N(c3cc(Cl)cc(Cl)c3)C2c2ccccc2C)cc1Br. The standard InChI is InChI=1S/C25H18BrCl2NO4/c1-13-5-3-4-6-18(13)22-21(23(30)14-7-8-20(33-2)19(26)9-14)24(31)25(32)29(22)17-11-15(27)10-16(28)12-17/h3-12,22,30H,1-2H3/b23-21+. The molecule has 1 fully saturated rings. The number of nitrogens with zero attached hydrogens (tertiary/aromatic N) is 1. The second-order valence-corrected chi connectivity index (χ2v) is 9.23. The molecule has 168 valence electrons. The van der Waals surface area contributed by atoms with Crippen LogP contribution in [-0.2, 0) is 9.59 Å². The zero-order valence-corrected chi connectivity index (χ0v) is 20.7. The van der Waals surface area contributed by atoms with Crippen molar-refractivity contribution in [3.8, 4) is 5.75 Å². The Morgan fingerprint density at radius 1 is 1.03 bits per heavy atom. The number of amides is 1. The quantitative estimate of drug-likeness (QED) is 0.224. The van der Waals surface area contributed by atoms with Crippen LogP contribution in [0.3, 0.4) is 0 Å². The lowest BCUT2D eigenvalue weighted by atomic mass is 9.92. The number of ether oxygens (including phenoxy) is 1. The van der Waals surface area contributed by atoms with Crippen molar-refractivity contribution in [2.45, 2.75) is 13.0 Å². The molecule has 0 bridgehead atoms.